The molecule has 0 saturated heterocycles. The Balaban J connectivity index is 2.37. The molecule has 0 unspecified atom stereocenters. The summed E-state index contributed by atoms with van der Waals surface area (Å²) in [6.07, 6.45) is -12.5. The first kappa shape index (κ1) is 27.4. The monoisotopic (exact) mass is 601 g/mol. The number of nitrogens with one attached hydrogen (secondary N) is 2. The summed E-state index contributed by atoms with van der Waals surface area (Å²) < 4.78 is 91.9. The molecule has 0 fully saturated rings. The zero-order valence-corrected chi connectivity index (χ0v) is 19.5. The van der Waals surface area contributed by atoms with Crippen molar-refractivity contribution < 1.29 is 40.3 Å². The summed E-state index contributed by atoms with van der Waals surface area (Å²) in [5.74, 6) is -1.67. The van der Waals surface area contributed by atoms with Crippen LogP contribution in [-0.4, -0.2) is 29.7 Å². The topological polar surface area (TPSA) is 82.0 Å². The average molecular weight is 601 g/mol. The van der Waals surface area contributed by atoms with Crippen LogP contribution in [0.4, 0.5) is 36.4 Å². The van der Waals surface area contributed by atoms with Crippen LogP contribution in [0.3, 0.4) is 0 Å². The zero-order valence-electron chi connectivity index (χ0n) is 17.3. The Morgan fingerprint density at radius 1 is 0.882 bits per heavy atom. The highest BCUT2D eigenvalue weighted by molar-refractivity contribution is 14.1. The number of rotatable bonds is 5. The second kappa shape index (κ2) is 9.40. The second-order valence-electron chi connectivity index (χ2n) is 7.54. The van der Waals surface area contributed by atoms with Gasteiger partial charge < -0.3 is 10.6 Å². The van der Waals surface area contributed by atoms with E-state index in [1.165, 1.54) is 32.0 Å². The SMILES string of the molecule is CC(C)(C#N)NC(=O)c1c(I)cccc1C(=O)Nc1ccc(C(F)(C(F)(F)F)C(F)(F)F)cc1. The third-order valence-corrected chi connectivity index (χ3v) is 5.41. The van der Waals surface area contributed by atoms with Gasteiger partial charge >= 0.3 is 18.0 Å². The van der Waals surface area contributed by atoms with E-state index in [1.54, 1.807) is 22.6 Å². The van der Waals surface area contributed by atoms with Crippen molar-refractivity contribution in [2.45, 2.75) is 37.4 Å². The summed E-state index contributed by atoms with van der Waals surface area (Å²) in [6, 6.07) is 7.94. The standard InChI is InChI=1S/C21H15F7IN3O2/c1-18(2,10-30)32-17(34)15-13(4-3-5-14(15)29)16(33)31-12-8-6-11(7-9-12)19(22,20(23,24)25)21(26,27)28/h3-9H,1-2H3,(H,31,33)(H,32,34). The molecule has 0 aromatic heterocycles. The number of alkyl halides is 7. The fourth-order valence-electron chi connectivity index (χ4n) is 2.79. The lowest BCUT2D eigenvalue weighted by molar-refractivity contribution is -0.348. The van der Waals surface area contributed by atoms with E-state index < -0.39 is 40.9 Å². The minimum absolute atomic E-state index is 0.0996. The fourth-order valence-corrected chi connectivity index (χ4v) is 3.53. The van der Waals surface area contributed by atoms with Crippen LogP contribution in [-0.2, 0) is 5.67 Å². The summed E-state index contributed by atoms with van der Waals surface area (Å²) >= 11 is 1.78. The summed E-state index contributed by atoms with van der Waals surface area (Å²) in [4.78, 5) is 25.4. The van der Waals surface area contributed by atoms with E-state index in [2.05, 4.69) is 10.6 Å². The molecule has 2 amide bonds. The van der Waals surface area contributed by atoms with Crippen molar-refractivity contribution in [1.29, 1.82) is 5.26 Å². The van der Waals surface area contributed by atoms with Gasteiger partial charge in [0.25, 0.3) is 11.8 Å². The number of carbonyl (C=O) groups excluding carboxylic acids is 2. The molecule has 34 heavy (non-hydrogen) atoms. The number of anilines is 1. The van der Waals surface area contributed by atoms with E-state index >= 15 is 0 Å². The highest BCUT2D eigenvalue weighted by Crippen LogP contribution is 2.53. The van der Waals surface area contributed by atoms with Crippen LogP contribution >= 0.6 is 22.6 Å². The number of hydrogen-bond acceptors (Lipinski definition) is 3. The number of nitriles is 1. The fraction of sp³-hybridized carbons (Fsp3) is 0.286. The molecule has 0 bridgehead atoms. The van der Waals surface area contributed by atoms with Crippen molar-refractivity contribution in [2.24, 2.45) is 0 Å². The van der Waals surface area contributed by atoms with E-state index in [0.29, 0.717) is 15.7 Å². The van der Waals surface area contributed by atoms with Gasteiger partial charge in [-0.15, -0.1) is 0 Å². The summed E-state index contributed by atoms with van der Waals surface area (Å²) in [5, 5.41) is 13.8. The van der Waals surface area contributed by atoms with Crippen LogP contribution in [0.15, 0.2) is 42.5 Å². The number of carbonyl (C=O) groups is 2. The summed E-state index contributed by atoms with van der Waals surface area (Å²) in [7, 11) is 0. The first-order valence-corrected chi connectivity index (χ1v) is 10.3. The maximum atomic E-state index is 14.1. The van der Waals surface area contributed by atoms with Crippen molar-refractivity contribution in [1.82, 2.24) is 5.32 Å². The maximum Gasteiger partial charge on any atom is 0.435 e. The van der Waals surface area contributed by atoms with Crippen LogP contribution < -0.4 is 10.6 Å². The molecular formula is C21H15F7IN3O2. The lowest BCUT2D eigenvalue weighted by Gasteiger charge is -2.30. The highest BCUT2D eigenvalue weighted by Gasteiger charge is 2.73. The van der Waals surface area contributed by atoms with Crippen molar-refractivity contribution in [3.63, 3.8) is 0 Å². The van der Waals surface area contributed by atoms with Crippen molar-refractivity contribution in [3.05, 3.63) is 62.7 Å². The molecular weight excluding hydrogens is 586 g/mol. The maximum absolute atomic E-state index is 14.1. The zero-order chi connectivity index (χ0) is 26.1. The van der Waals surface area contributed by atoms with Crippen molar-refractivity contribution in [3.8, 4) is 6.07 Å². The van der Waals surface area contributed by atoms with Gasteiger partial charge in [0.05, 0.1) is 17.2 Å². The Morgan fingerprint density at radius 2 is 1.41 bits per heavy atom. The van der Waals surface area contributed by atoms with Crippen molar-refractivity contribution >= 4 is 40.1 Å². The van der Waals surface area contributed by atoms with Gasteiger partial charge in [-0.2, -0.15) is 31.6 Å². The van der Waals surface area contributed by atoms with Gasteiger partial charge in [-0.05, 0) is 60.7 Å². The molecule has 2 rings (SSSR count). The molecule has 2 aromatic rings. The molecule has 0 heterocycles. The number of amides is 2. The molecule has 5 nitrogen and oxygen atoms in total. The van der Waals surface area contributed by atoms with E-state index in [0.717, 1.165) is 0 Å². The Kier molecular flexibility index (Phi) is 7.56. The normalized spacial score (nSPS) is 12.6. The second-order valence-corrected chi connectivity index (χ2v) is 8.70. The molecule has 0 radical (unpaired) electrons. The summed E-state index contributed by atoms with van der Waals surface area (Å²) in [6.45, 7) is 2.85. The minimum Gasteiger partial charge on any atom is -0.334 e. The first-order valence-electron chi connectivity index (χ1n) is 9.21. The lowest BCUT2D eigenvalue weighted by Crippen LogP contribution is -2.50. The smallest absolute Gasteiger partial charge is 0.334 e. The van der Waals surface area contributed by atoms with E-state index in [9.17, 15) is 40.3 Å². The molecule has 13 heteroatoms. The van der Waals surface area contributed by atoms with E-state index in [4.69, 9.17) is 5.26 Å². The van der Waals surface area contributed by atoms with Gasteiger partial charge in [-0.25, -0.2) is 4.39 Å². The number of hydrogen-bond donors (Lipinski definition) is 2. The van der Waals surface area contributed by atoms with E-state index in [-0.39, 0.29) is 28.9 Å². The minimum atomic E-state index is -6.27. The van der Waals surface area contributed by atoms with Crippen LogP contribution in [0.5, 0.6) is 0 Å². The quantitative estimate of drug-likeness (QED) is 0.333. The Hall–Kier alpha value is -2.89. The van der Waals surface area contributed by atoms with Crippen molar-refractivity contribution in [2.75, 3.05) is 5.32 Å². The van der Waals surface area contributed by atoms with Gasteiger partial charge in [-0.1, -0.05) is 18.2 Å². The van der Waals surface area contributed by atoms with Crippen LogP contribution in [0, 0.1) is 14.9 Å². The molecule has 2 N–H and O–H groups in total. The Labute approximate surface area is 202 Å². The van der Waals surface area contributed by atoms with Crippen LogP contribution in [0.2, 0.25) is 0 Å². The largest absolute Gasteiger partial charge is 0.435 e. The molecule has 0 aliphatic rings. The average Bonchev–Trinajstić information content (AvgIpc) is 2.71. The molecule has 2 aromatic carbocycles. The van der Waals surface area contributed by atoms with Crippen LogP contribution in [0.25, 0.3) is 0 Å². The third kappa shape index (κ3) is 5.43. The molecule has 0 aliphatic heterocycles. The van der Waals surface area contributed by atoms with Gasteiger partial charge in [0, 0.05) is 14.8 Å². The molecule has 182 valence electrons. The number of halogens is 8. The van der Waals surface area contributed by atoms with Gasteiger partial charge in [0.15, 0.2) is 0 Å². The van der Waals surface area contributed by atoms with E-state index in [1.807, 2.05) is 6.07 Å². The molecule has 0 saturated carbocycles. The third-order valence-electron chi connectivity index (χ3n) is 4.51. The predicted octanol–water partition coefficient (Wildman–Crippen LogP) is 5.86. The Morgan fingerprint density at radius 3 is 1.88 bits per heavy atom. The van der Waals surface area contributed by atoms with Gasteiger partial charge in [0.2, 0.25) is 0 Å². The first-order chi connectivity index (χ1) is 15.4. The summed E-state index contributed by atoms with van der Waals surface area (Å²) in [5.41, 5.74) is -9.10. The molecule has 0 aliphatic carbocycles. The predicted molar refractivity (Wildman–Crippen MR) is 116 cm³/mol. The lowest BCUT2D eigenvalue weighted by atomic mass is 9.94. The van der Waals surface area contributed by atoms with Crippen LogP contribution in [0.1, 0.15) is 40.1 Å². The van der Waals surface area contributed by atoms with Gasteiger partial charge in [0.1, 0.15) is 5.54 Å². The van der Waals surface area contributed by atoms with Gasteiger partial charge in [-0.3, -0.25) is 9.59 Å². The number of benzene rings is 2. The Bertz CT molecular complexity index is 1120. The molecule has 0 spiro atoms. The highest BCUT2D eigenvalue weighted by atomic mass is 127. The molecule has 0 atom stereocenters. The number of nitrogens with zero attached hydrogens (tertiary/aromatic N) is 1.